The van der Waals surface area contributed by atoms with Crippen LogP contribution in [0.4, 0.5) is 5.69 Å². The molecular weight excluding hydrogens is 286 g/mol. The number of imidazole rings is 1. The molecule has 0 unspecified atom stereocenters. The summed E-state index contributed by atoms with van der Waals surface area (Å²) in [5, 5.41) is 2.97. The first-order valence-electron chi connectivity index (χ1n) is 8.01. The van der Waals surface area contributed by atoms with Crippen molar-refractivity contribution in [3.63, 3.8) is 0 Å². The van der Waals surface area contributed by atoms with Crippen LogP contribution < -0.4 is 5.32 Å². The van der Waals surface area contributed by atoms with Crippen LogP contribution in [-0.2, 0) is 18.3 Å². The van der Waals surface area contributed by atoms with Crippen molar-refractivity contribution >= 4 is 22.6 Å². The van der Waals surface area contributed by atoms with Gasteiger partial charge in [-0.15, -0.1) is 0 Å². The van der Waals surface area contributed by atoms with E-state index >= 15 is 0 Å². The molecule has 1 amide bonds. The van der Waals surface area contributed by atoms with Crippen molar-refractivity contribution in [2.45, 2.75) is 25.2 Å². The molecule has 1 aliphatic rings. The Kier molecular flexibility index (Phi) is 3.37. The predicted molar refractivity (Wildman–Crippen MR) is 91.5 cm³/mol. The Morgan fingerprint density at radius 3 is 2.74 bits per heavy atom. The molecule has 1 heterocycles. The molecule has 3 aromatic rings. The number of hydrogen-bond acceptors (Lipinski definition) is 2. The average Bonchev–Trinajstić information content (AvgIpc) is 3.33. The first-order valence-corrected chi connectivity index (χ1v) is 8.01. The molecule has 1 saturated carbocycles. The molecule has 1 fully saturated rings. The van der Waals surface area contributed by atoms with Crippen LogP contribution in [0.25, 0.3) is 11.0 Å². The van der Waals surface area contributed by atoms with Crippen molar-refractivity contribution in [3.8, 4) is 0 Å². The zero-order valence-corrected chi connectivity index (χ0v) is 13.1. The number of rotatable bonds is 4. The molecule has 4 nitrogen and oxygen atoms in total. The minimum Gasteiger partial charge on any atom is -0.331 e. The highest BCUT2D eigenvalue weighted by Gasteiger charge is 2.28. The van der Waals surface area contributed by atoms with E-state index in [0.717, 1.165) is 28.1 Å². The average molecular weight is 305 g/mol. The molecule has 4 rings (SSSR count). The minimum atomic E-state index is -0.00565. The molecule has 23 heavy (non-hydrogen) atoms. The number of amides is 1. The molecule has 116 valence electrons. The van der Waals surface area contributed by atoms with Gasteiger partial charge in [0.25, 0.3) is 0 Å². The fourth-order valence-corrected chi connectivity index (χ4v) is 2.99. The topological polar surface area (TPSA) is 46.9 Å². The number of hydrogen-bond donors (Lipinski definition) is 1. The van der Waals surface area contributed by atoms with Crippen LogP contribution in [0.2, 0.25) is 0 Å². The monoisotopic (exact) mass is 305 g/mol. The molecule has 4 heteroatoms. The standard InChI is InChI=1S/C19H19N3O/c1-22-17-10-9-15(12-16(17)21-19(22)14-7-8-14)20-18(23)11-13-5-3-2-4-6-13/h2-6,9-10,12,14H,7-8,11H2,1H3,(H,20,23). The normalized spacial score (nSPS) is 14.1. The zero-order valence-electron chi connectivity index (χ0n) is 13.1. The third-order valence-electron chi connectivity index (χ3n) is 4.35. The number of aromatic nitrogens is 2. The van der Waals surface area contributed by atoms with Gasteiger partial charge in [0.2, 0.25) is 5.91 Å². The van der Waals surface area contributed by atoms with E-state index < -0.39 is 0 Å². The van der Waals surface area contributed by atoms with E-state index in [4.69, 9.17) is 4.98 Å². The number of fused-ring (bicyclic) bond motifs is 1. The lowest BCUT2D eigenvalue weighted by Crippen LogP contribution is -2.14. The molecule has 0 saturated heterocycles. The lowest BCUT2D eigenvalue weighted by Gasteiger charge is -2.05. The Hall–Kier alpha value is -2.62. The smallest absolute Gasteiger partial charge is 0.228 e. The van der Waals surface area contributed by atoms with E-state index in [9.17, 15) is 4.79 Å². The number of nitrogens with zero attached hydrogens (tertiary/aromatic N) is 2. The van der Waals surface area contributed by atoms with Crippen LogP contribution in [0.1, 0.15) is 30.1 Å². The molecule has 2 aromatic carbocycles. The SMILES string of the molecule is Cn1c(C2CC2)nc2cc(NC(=O)Cc3ccccc3)ccc21. The Morgan fingerprint density at radius 2 is 2.00 bits per heavy atom. The molecule has 1 N–H and O–H groups in total. The van der Waals surface area contributed by atoms with Crippen LogP contribution in [-0.4, -0.2) is 15.5 Å². The van der Waals surface area contributed by atoms with Crippen molar-refractivity contribution in [1.82, 2.24) is 9.55 Å². The third kappa shape index (κ3) is 2.84. The predicted octanol–water partition coefficient (Wildman–Crippen LogP) is 3.63. The van der Waals surface area contributed by atoms with Gasteiger partial charge in [-0.3, -0.25) is 4.79 Å². The van der Waals surface area contributed by atoms with Crippen molar-refractivity contribution in [1.29, 1.82) is 0 Å². The van der Waals surface area contributed by atoms with E-state index in [1.807, 2.05) is 48.5 Å². The van der Waals surface area contributed by atoms with Gasteiger partial charge in [-0.1, -0.05) is 30.3 Å². The molecule has 0 bridgehead atoms. The number of carbonyl (C=O) groups excluding carboxylic acids is 1. The fraction of sp³-hybridized carbons (Fsp3) is 0.263. The fourth-order valence-electron chi connectivity index (χ4n) is 2.99. The Morgan fingerprint density at radius 1 is 1.22 bits per heavy atom. The number of anilines is 1. The zero-order chi connectivity index (χ0) is 15.8. The maximum atomic E-state index is 12.2. The summed E-state index contributed by atoms with van der Waals surface area (Å²) in [5.74, 6) is 1.77. The second-order valence-electron chi connectivity index (χ2n) is 6.22. The highest BCUT2D eigenvalue weighted by molar-refractivity contribution is 5.94. The second kappa shape index (κ2) is 5.54. The summed E-state index contributed by atoms with van der Waals surface area (Å²) < 4.78 is 2.17. The summed E-state index contributed by atoms with van der Waals surface area (Å²) in [6, 6.07) is 15.7. The summed E-state index contributed by atoms with van der Waals surface area (Å²) >= 11 is 0. The summed E-state index contributed by atoms with van der Waals surface area (Å²) in [7, 11) is 2.07. The maximum Gasteiger partial charge on any atom is 0.228 e. The molecule has 1 aliphatic carbocycles. The molecule has 0 radical (unpaired) electrons. The van der Waals surface area contributed by atoms with Crippen LogP contribution in [0.5, 0.6) is 0 Å². The van der Waals surface area contributed by atoms with Gasteiger partial charge in [-0.05, 0) is 36.6 Å². The molecular formula is C19H19N3O. The van der Waals surface area contributed by atoms with Gasteiger partial charge in [0, 0.05) is 18.7 Å². The van der Waals surface area contributed by atoms with Crippen molar-refractivity contribution in [2.75, 3.05) is 5.32 Å². The van der Waals surface area contributed by atoms with Gasteiger partial charge in [0.1, 0.15) is 5.82 Å². The lowest BCUT2D eigenvalue weighted by molar-refractivity contribution is -0.115. The van der Waals surface area contributed by atoms with Gasteiger partial charge < -0.3 is 9.88 Å². The van der Waals surface area contributed by atoms with Gasteiger partial charge in [-0.2, -0.15) is 0 Å². The Balaban J connectivity index is 1.53. The van der Waals surface area contributed by atoms with E-state index in [2.05, 4.69) is 16.9 Å². The number of nitrogens with one attached hydrogen (secondary N) is 1. The molecule has 1 aromatic heterocycles. The van der Waals surface area contributed by atoms with E-state index in [1.54, 1.807) is 0 Å². The number of aryl methyl sites for hydroxylation is 1. The number of carbonyl (C=O) groups is 1. The summed E-state index contributed by atoms with van der Waals surface area (Å²) in [6.07, 6.45) is 2.85. The second-order valence-corrected chi connectivity index (χ2v) is 6.22. The Labute approximate surface area is 135 Å². The van der Waals surface area contributed by atoms with Crippen LogP contribution in [0.3, 0.4) is 0 Å². The lowest BCUT2D eigenvalue weighted by atomic mass is 10.1. The largest absolute Gasteiger partial charge is 0.331 e. The van der Waals surface area contributed by atoms with Gasteiger partial charge in [-0.25, -0.2) is 4.98 Å². The van der Waals surface area contributed by atoms with E-state index in [1.165, 1.54) is 12.8 Å². The van der Waals surface area contributed by atoms with E-state index in [0.29, 0.717) is 12.3 Å². The van der Waals surface area contributed by atoms with Crippen molar-refractivity contribution in [2.24, 2.45) is 7.05 Å². The van der Waals surface area contributed by atoms with Crippen LogP contribution in [0, 0.1) is 0 Å². The van der Waals surface area contributed by atoms with Gasteiger partial charge in [0.05, 0.1) is 17.5 Å². The number of benzene rings is 2. The Bertz CT molecular complexity index is 863. The summed E-state index contributed by atoms with van der Waals surface area (Å²) in [6.45, 7) is 0. The molecule has 0 aliphatic heterocycles. The van der Waals surface area contributed by atoms with Crippen molar-refractivity contribution < 1.29 is 4.79 Å². The van der Waals surface area contributed by atoms with Crippen LogP contribution in [0.15, 0.2) is 48.5 Å². The quantitative estimate of drug-likeness (QED) is 0.800. The maximum absolute atomic E-state index is 12.2. The van der Waals surface area contributed by atoms with Crippen LogP contribution >= 0.6 is 0 Å². The van der Waals surface area contributed by atoms with Gasteiger partial charge >= 0.3 is 0 Å². The first kappa shape index (κ1) is 14.0. The van der Waals surface area contributed by atoms with E-state index in [-0.39, 0.29) is 5.91 Å². The van der Waals surface area contributed by atoms with Crippen molar-refractivity contribution in [3.05, 3.63) is 59.9 Å². The third-order valence-corrected chi connectivity index (χ3v) is 4.35. The summed E-state index contributed by atoms with van der Waals surface area (Å²) in [5.41, 5.74) is 3.89. The molecule has 0 atom stereocenters. The first-order chi connectivity index (χ1) is 11.2. The molecule has 0 spiro atoms. The highest BCUT2D eigenvalue weighted by Crippen LogP contribution is 2.40. The summed E-state index contributed by atoms with van der Waals surface area (Å²) in [4.78, 5) is 16.9. The minimum absolute atomic E-state index is 0.00565. The van der Waals surface area contributed by atoms with Gasteiger partial charge in [0.15, 0.2) is 0 Å². The highest BCUT2D eigenvalue weighted by atomic mass is 16.1.